The molecule has 0 saturated carbocycles. The molecule has 4 heterocycles. The normalized spacial score (nSPS) is 21.9. The van der Waals surface area contributed by atoms with Gasteiger partial charge in [-0.3, -0.25) is 9.36 Å². The first kappa shape index (κ1) is 23.3. The molecule has 4 rings (SSSR count). The van der Waals surface area contributed by atoms with Gasteiger partial charge in [-0.15, -0.1) is 0 Å². The Labute approximate surface area is 180 Å². The molecule has 0 aromatic carbocycles. The maximum absolute atomic E-state index is 15.0. The molecule has 0 amide bonds. The molecule has 0 unspecified atom stereocenters. The van der Waals surface area contributed by atoms with Gasteiger partial charge in [-0.25, -0.2) is 0 Å². The number of nitrogens with zero attached hydrogens (tertiary/aromatic N) is 6. The standard InChI is InChI=1S/C17H17F7N6O3/c1-8-7-32-5-4-29(8)12-11(18)13(31)30-9(16(19,20)21)2-3-28(15(30)26-12)6-10-25-14(27-33-10)17(22,23)24/h8-9H,2-7H2,1H3/t8-,9-/m1/s1. The van der Waals surface area contributed by atoms with Crippen LogP contribution in [0.5, 0.6) is 0 Å². The van der Waals surface area contributed by atoms with Crippen molar-refractivity contribution in [1.82, 2.24) is 19.7 Å². The number of morpholine rings is 1. The summed E-state index contributed by atoms with van der Waals surface area (Å²) in [6, 6.07) is -2.79. The number of hydrogen-bond acceptors (Lipinski definition) is 8. The number of anilines is 2. The second kappa shape index (κ2) is 8.14. The zero-order chi connectivity index (χ0) is 24.1. The van der Waals surface area contributed by atoms with Crippen LogP contribution in [0.2, 0.25) is 0 Å². The smallest absolute Gasteiger partial charge is 0.377 e. The number of ether oxygens (including phenoxy) is 1. The number of halogens is 7. The highest BCUT2D eigenvalue weighted by Gasteiger charge is 2.47. The van der Waals surface area contributed by atoms with E-state index in [-0.39, 0.29) is 30.9 Å². The predicted octanol–water partition coefficient (Wildman–Crippen LogP) is 2.52. The monoisotopic (exact) mass is 486 g/mol. The molecule has 2 aromatic rings. The van der Waals surface area contributed by atoms with E-state index in [2.05, 4.69) is 19.6 Å². The quantitative estimate of drug-likeness (QED) is 0.612. The Bertz CT molecular complexity index is 1080. The molecule has 2 atom stereocenters. The van der Waals surface area contributed by atoms with Crippen molar-refractivity contribution in [2.75, 3.05) is 36.1 Å². The highest BCUT2D eigenvalue weighted by atomic mass is 19.4. The van der Waals surface area contributed by atoms with Gasteiger partial charge in [0.15, 0.2) is 5.82 Å². The molecule has 2 aliphatic rings. The summed E-state index contributed by atoms with van der Waals surface area (Å²) < 4.78 is 104. The minimum atomic E-state index is -4.89. The predicted molar refractivity (Wildman–Crippen MR) is 96.1 cm³/mol. The number of rotatable bonds is 3. The van der Waals surface area contributed by atoms with E-state index < -0.39 is 72.3 Å². The molecule has 0 aliphatic carbocycles. The maximum Gasteiger partial charge on any atom is 0.455 e. The lowest BCUT2D eigenvalue weighted by molar-refractivity contribution is -0.171. The van der Waals surface area contributed by atoms with E-state index in [4.69, 9.17) is 4.74 Å². The van der Waals surface area contributed by atoms with E-state index >= 15 is 0 Å². The van der Waals surface area contributed by atoms with Crippen molar-refractivity contribution < 1.29 is 40.0 Å². The Kier molecular flexibility index (Phi) is 5.74. The van der Waals surface area contributed by atoms with Gasteiger partial charge in [0.1, 0.15) is 12.6 Å². The number of hydrogen-bond donors (Lipinski definition) is 0. The summed E-state index contributed by atoms with van der Waals surface area (Å²) in [7, 11) is 0. The van der Waals surface area contributed by atoms with E-state index in [1.54, 1.807) is 6.92 Å². The van der Waals surface area contributed by atoms with Gasteiger partial charge < -0.3 is 19.1 Å². The fourth-order valence-electron chi connectivity index (χ4n) is 3.79. The summed E-state index contributed by atoms with van der Waals surface area (Å²) in [5.74, 6) is -4.60. The Morgan fingerprint density at radius 3 is 2.45 bits per heavy atom. The van der Waals surface area contributed by atoms with Crippen LogP contribution in [0.3, 0.4) is 0 Å². The van der Waals surface area contributed by atoms with Crippen LogP contribution in [0.25, 0.3) is 0 Å². The SMILES string of the molecule is C[C@@H]1COCCN1c1nc2n(c(=O)c1F)[C@@H](C(F)(F)F)CCN2Cc1nc(C(F)(F)F)no1. The minimum Gasteiger partial charge on any atom is -0.377 e. The molecule has 0 spiro atoms. The molecule has 2 aliphatic heterocycles. The van der Waals surface area contributed by atoms with E-state index in [0.717, 1.165) is 4.90 Å². The molecular formula is C17H17F7N6O3. The third-order valence-corrected chi connectivity index (χ3v) is 5.36. The van der Waals surface area contributed by atoms with Crippen molar-refractivity contribution in [3.8, 4) is 0 Å². The van der Waals surface area contributed by atoms with Gasteiger partial charge in [0.05, 0.1) is 19.3 Å². The van der Waals surface area contributed by atoms with Gasteiger partial charge in [-0.1, -0.05) is 5.16 Å². The van der Waals surface area contributed by atoms with Crippen LogP contribution in [0, 0.1) is 5.82 Å². The van der Waals surface area contributed by atoms with E-state index in [0.29, 0.717) is 0 Å². The first-order valence-electron chi connectivity index (χ1n) is 9.75. The molecule has 16 heteroatoms. The average molecular weight is 486 g/mol. The van der Waals surface area contributed by atoms with Crippen LogP contribution in [-0.4, -0.2) is 58.2 Å². The highest BCUT2D eigenvalue weighted by Crippen LogP contribution is 2.39. The maximum atomic E-state index is 15.0. The summed E-state index contributed by atoms with van der Waals surface area (Å²) >= 11 is 0. The van der Waals surface area contributed by atoms with Crippen LogP contribution in [-0.2, 0) is 17.5 Å². The Morgan fingerprint density at radius 2 is 1.85 bits per heavy atom. The van der Waals surface area contributed by atoms with Crippen molar-refractivity contribution in [3.63, 3.8) is 0 Å². The van der Waals surface area contributed by atoms with E-state index in [1.165, 1.54) is 4.90 Å². The Balaban J connectivity index is 1.79. The van der Waals surface area contributed by atoms with Gasteiger partial charge in [0.25, 0.3) is 11.4 Å². The van der Waals surface area contributed by atoms with Crippen LogP contribution in [0.1, 0.15) is 31.1 Å². The molecule has 182 valence electrons. The van der Waals surface area contributed by atoms with Gasteiger partial charge in [0.2, 0.25) is 17.7 Å². The van der Waals surface area contributed by atoms with Gasteiger partial charge in [-0.2, -0.15) is 40.7 Å². The minimum absolute atomic E-state index is 0.134. The Morgan fingerprint density at radius 1 is 1.12 bits per heavy atom. The fraction of sp³-hybridized carbons (Fsp3) is 0.647. The first-order valence-corrected chi connectivity index (χ1v) is 9.75. The molecule has 0 radical (unpaired) electrons. The summed E-state index contributed by atoms with van der Waals surface area (Å²) in [5, 5.41) is 2.81. The third kappa shape index (κ3) is 4.35. The zero-order valence-electron chi connectivity index (χ0n) is 17.0. The number of aromatic nitrogens is 4. The topological polar surface area (TPSA) is 89.5 Å². The lowest BCUT2D eigenvalue weighted by atomic mass is 10.1. The van der Waals surface area contributed by atoms with Gasteiger partial charge in [-0.05, 0) is 13.3 Å². The summed E-state index contributed by atoms with van der Waals surface area (Å²) in [5.41, 5.74) is -1.54. The summed E-state index contributed by atoms with van der Waals surface area (Å²) in [4.78, 5) is 22.4. The molecule has 0 bridgehead atoms. The molecular weight excluding hydrogens is 469 g/mol. The van der Waals surface area contributed by atoms with E-state index in [9.17, 15) is 35.5 Å². The largest absolute Gasteiger partial charge is 0.455 e. The molecule has 2 aromatic heterocycles. The van der Waals surface area contributed by atoms with Crippen molar-refractivity contribution >= 4 is 11.8 Å². The van der Waals surface area contributed by atoms with Crippen LogP contribution < -0.4 is 15.4 Å². The van der Waals surface area contributed by atoms with Crippen molar-refractivity contribution in [2.45, 2.75) is 44.3 Å². The average Bonchev–Trinajstić information content (AvgIpc) is 3.20. The molecule has 0 N–H and O–H groups in total. The highest BCUT2D eigenvalue weighted by molar-refractivity contribution is 5.48. The van der Waals surface area contributed by atoms with Crippen LogP contribution in [0.15, 0.2) is 9.32 Å². The lowest BCUT2D eigenvalue weighted by Gasteiger charge is -2.38. The molecule has 33 heavy (non-hydrogen) atoms. The van der Waals surface area contributed by atoms with Crippen LogP contribution >= 0.6 is 0 Å². The van der Waals surface area contributed by atoms with Crippen molar-refractivity contribution in [2.24, 2.45) is 0 Å². The van der Waals surface area contributed by atoms with E-state index in [1.807, 2.05) is 0 Å². The second-order valence-corrected chi connectivity index (χ2v) is 7.62. The number of fused-ring (bicyclic) bond motifs is 1. The fourth-order valence-corrected chi connectivity index (χ4v) is 3.79. The third-order valence-electron chi connectivity index (χ3n) is 5.36. The number of alkyl halides is 6. The van der Waals surface area contributed by atoms with Crippen molar-refractivity contribution in [3.05, 3.63) is 27.9 Å². The van der Waals surface area contributed by atoms with Crippen LogP contribution in [0.4, 0.5) is 42.5 Å². The molecule has 9 nitrogen and oxygen atoms in total. The zero-order valence-corrected chi connectivity index (χ0v) is 17.0. The molecule has 1 fully saturated rings. The summed E-state index contributed by atoms with van der Waals surface area (Å²) in [6.07, 6.45) is -10.4. The Hall–Kier alpha value is -2.91. The molecule has 1 saturated heterocycles. The van der Waals surface area contributed by atoms with Gasteiger partial charge >= 0.3 is 12.4 Å². The second-order valence-electron chi connectivity index (χ2n) is 7.62. The first-order chi connectivity index (χ1) is 15.4. The lowest BCUT2D eigenvalue weighted by Crippen LogP contribution is -2.49. The van der Waals surface area contributed by atoms with Crippen molar-refractivity contribution in [1.29, 1.82) is 0 Å². The summed E-state index contributed by atoms with van der Waals surface area (Å²) in [6.45, 7) is 1.23. The van der Waals surface area contributed by atoms with Gasteiger partial charge in [0, 0.05) is 13.1 Å².